The Morgan fingerprint density at radius 1 is 1.40 bits per heavy atom. The van der Waals surface area contributed by atoms with Crippen LogP contribution in [0.5, 0.6) is 5.88 Å². The van der Waals surface area contributed by atoms with E-state index >= 15 is 0 Å². The molecule has 1 aromatic rings. The van der Waals surface area contributed by atoms with Crippen LogP contribution in [-0.4, -0.2) is 30.1 Å². The molecule has 3 rings (SSSR count). The highest BCUT2D eigenvalue weighted by molar-refractivity contribution is 5.97. The van der Waals surface area contributed by atoms with Gasteiger partial charge in [0.15, 0.2) is 0 Å². The maximum absolute atomic E-state index is 7.71. The number of amidine groups is 1. The van der Waals surface area contributed by atoms with E-state index in [1.807, 2.05) is 6.07 Å². The lowest BCUT2D eigenvalue weighted by Crippen LogP contribution is -2.21. The zero-order chi connectivity index (χ0) is 13.9. The number of nitrogens with one attached hydrogen (secondary N) is 1. The fourth-order valence-corrected chi connectivity index (χ4v) is 2.87. The number of hydrogen-bond donors (Lipinski definition) is 2. The number of nitrogens with zero attached hydrogens (tertiary/aromatic N) is 1. The monoisotopic (exact) mass is 275 g/mol. The summed E-state index contributed by atoms with van der Waals surface area (Å²) in [6, 6.07) is 1.98. The fourth-order valence-electron chi connectivity index (χ4n) is 2.87. The number of pyridine rings is 1. The molecule has 1 aromatic heterocycles. The van der Waals surface area contributed by atoms with E-state index in [-0.39, 0.29) is 11.9 Å². The number of aryl methyl sites for hydroxylation is 2. The van der Waals surface area contributed by atoms with Gasteiger partial charge in [0.1, 0.15) is 12.4 Å². The number of hydrogen-bond acceptors (Lipinski definition) is 4. The molecule has 0 radical (unpaired) electrons. The van der Waals surface area contributed by atoms with Crippen LogP contribution in [0.3, 0.4) is 0 Å². The Balaban J connectivity index is 1.81. The van der Waals surface area contributed by atoms with Gasteiger partial charge in [-0.05, 0) is 50.2 Å². The first-order valence-electron chi connectivity index (χ1n) is 7.35. The third kappa shape index (κ3) is 2.77. The molecule has 2 aliphatic rings. The average molecular weight is 275 g/mol. The van der Waals surface area contributed by atoms with Gasteiger partial charge in [0.05, 0.1) is 11.7 Å². The minimum absolute atomic E-state index is 0.0215. The second kappa shape index (κ2) is 5.79. The van der Waals surface area contributed by atoms with Crippen LogP contribution < -0.4 is 10.5 Å². The predicted octanol–water partition coefficient (Wildman–Crippen LogP) is 1.80. The van der Waals surface area contributed by atoms with Gasteiger partial charge in [-0.25, -0.2) is 4.98 Å². The number of nitrogens with two attached hydrogens (primary N) is 1. The minimum atomic E-state index is 0.0215. The summed E-state index contributed by atoms with van der Waals surface area (Å²) in [5, 5.41) is 7.71. The average Bonchev–Trinajstić information content (AvgIpc) is 2.97. The number of ether oxygens (including phenoxy) is 2. The zero-order valence-corrected chi connectivity index (χ0v) is 11.7. The van der Waals surface area contributed by atoms with Crippen LogP contribution in [0.1, 0.15) is 42.5 Å². The first kappa shape index (κ1) is 13.4. The largest absolute Gasteiger partial charge is 0.474 e. The van der Waals surface area contributed by atoms with Crippen molar-refractivity contribution in [2.75, 3.05) is 13.2 Å². The summed E-state index contributed by atoms with van der Waals surface area (Å²) in [7, 11) is 0. The third-order valence-corrected chi connectivity index (χ3v) is 3.99. The highest BCUT2D eigenvalue weighted by Crippen LogP contribution is 2.26. The van der Waals surface area contributed by atoms with Crippen molar-refractivity contribution >= 4 is 5.84 Å². The van der Waals surface area contributed by atoms with Crippen molar-refractivity contribution in [2.24, 2.45) is 5.73 Å². The molecular weight excluding hydrogens is 254 g/mol. The molecule has 1 unspecified atom stereocenters. The lowest BCUT2D eigenvalue weighted by atomic mass is 9.95. The molecular formula is C15H21N3O2. The molecule has 3 N–H and O–H groups in total. The van der Waals surface area contributed by atoms with Crippen molar-refractivity contribution in [3.8, 4) is 5.88 Å². The molecule has 1 atom stereocenters. The van der Waals surface area contributed by atoms with Gasteiger partial charge in [-0.1, -0.05) is 0 Å². The summed E-state index contributed by atoms with van der Waals surface area (Å²) in [5.41, 5.74) is 8.59. The summed E-state index contributed by atoms with van der Waals surface area (Å²) >= 11 is 0. The Labute approximate surface area is 119 Å². The summed E-state index contributed by atoms with van der Waals surface area (Å²) in [6.45, 7) is 1.30. The van der Waals surface area contributed by atoms with E-state index in [4.69, 9.17) is 20.6 Å². The first-order chi connectivity index (χ1) is 9.74. The van der Waals surface area contributed by atoms with Crippen LogP contribution in [0, 0.1) is 5.41 Å². The summed E-state index contributed by atoms with van der Waals surface area (Å²) in [6.07, 6.45) is 6.63. The van der Waals surface area contributed by atoms with Gasteiger partial charge in [0, 0.05) is 12.3 Å². The molecule has 5 nitrogen and oxygen atoms in total. The van der Waals surface area contributed by atoms with E-state index in [1.54, 1.807) is 0 Å². The van der Waals surface area contributed by atoms with Gasteiger partial charge >= 0.3 is 0 Å². The van der Waals surface area contributed by atoms with Crippen LogP contribution in [0.2, 0.25) is 0 Å². The Bertz CT molecular complexity index is 510. The first-order valence-corrected chi connectivity index (χ1v) is 7.35. The van der Waals surface area contributed by atoms with Gasteiger partial charge in [-0.15, -0.1) is 0 Å². The third-order valence-electron chi connectivity index (χ3n) is 3.99. The molecule has 5 heteroatoms. The molecule has 0 amide bonds. The lowest BCUT2D eigenvalue weighted by molar-refractivity contribution is 0.0661. The van der Waals surface area contributed by atoms with Gasteiger partial charge in [0.25, 0.3) is 0 Å². The number of fused-ring (bicyclic) bond motifs is 1. The Morgan fingerprint density at radius 3 is 3.00 bits per heavy atom. The molecule has 0 spiro atoms. The second-order valence-corrected chi connectivity index (χ2v) is 5.51. The summed E-state index contributed by atoms with van der Waals surface area (Å²) in [5.74, 6) is 0.516. The second-order valence-electron chi connectivity index (χ2n) is 5.51. The van der Waals surface area contributed by atoms with Crippen LogP contribution in [0.4, 0.5) is 0 Å². The molecule has 1 saturated heterocycles. The van der Waals surface area contributed by atoms with Crippen molar-refractivity contribution in [3.05, 3.63) is 22.9 Å². The molecule has 2 heterocycles. The highest BCUT2D eigenvalue weighted by atomic mass is 16.5. The van der Waals surface area contributed by atoms with Crippen LogP contribution in [0.25, 0.3) is 0 Å². The fraction of sp³-hybridized carbons (Fsp3) is 0.600. The Morgan fingerprint density at radius 2 is 2.25 bits per heavy atom. The molecule has 1 fully saturated rings. The molecule has 1 aliphatic carbocycles. The van der Waals surface area contributed by atoms with E-state index in [0.29, 0.717) is 18.1 Å². The van der Waals surface area contributed by atoms with Crippen molar-refractivity contribution in [1.82, 2.24) is 4.98 Å². The van der Waals surface area contributed by atoms with E-state index in [9.17, 15) is 0 Å². The van der Waals surface area contributed by atoms with Crippen molar-refractivity contribution in [1.29, 1.82) is 5.41 Å². The summed E-state index contributed by atoms with van der Waals surface area (Å²) in [4.78, 5) is 4.60. The quantitative estimate of drug-likeness (QED) is 0.648. The maximum atomic E-state index is 7.71. The highest BCUT2D eigenvalue weighted by Gasteiger charge is 2.20. The van der Waals surface area contributed by atoms with Gasteiger partial charge in [-0.3, -0.25) is 5.41 Å². The summed E-state index contributed by atoms with van der Waals surface area (Å²) < 4.78 is 11.3. The van der Waals surface area contributed by atoms with Crippen molar-refractivity contribution < 1.29 is 9.47 Å². The van der Waals surface area contributed by atoms with Gasteiger partial charge in [0.2, 0.25) is 5.88 Å². The number of rotatable bonds is 4. The van der Waals surface area contributed by atoms with Crippen molar-refractivity contribution in [3.63, 3.8) is 0 Å². The SMILES string of the molecule is N=C(N)c1cc2c(nc1OCC1CCCO1)CCCC2. The molecule has 0 aromatic carbocycles. The minimum Gasteiger partial charge on any atom is -0.474 e. The number of aromatic nitrogens is 1. The lowest BCUT2D eigenvalue weighted by Gasteiger charge is -2.19. The van der Waals surface area contributed by atoms with Crippen molar-refractivity contribution in [2.45, 2.75) is 44.6 Å². The zero-order valence-electron chi connectivity index (χ0n) is 11.7. The van der Waals surface area contributed by atoms with E-state index < -0.39 is 0 Å². The molecule has 0 bridgehead atoms. The smallest absolute Gasteiger partial charge is 0.224 e. The topological polar surface area (TPSA) is 81.2 Å². The molecule has 20 heavy (non-hydrogen) atoms. The standard InChI is InChI=1S/C15H21N3O2/c16-14(17)12-8-10-4-1-2-6-13(10)18-15(12)20-9-11-5-3-7-19-11/h8,11H,1-7,9H2,(H3,16,17). The van der Waals surface area contributed by atoms with Crippen LogP contribution in [-0.2, 0) is 17.6 Å². The predicted molar refractivity (Wildman–Crippen MR) is 76.4 cm³/mol. The van der Waals surface area contributed by atoms with E-state index in [0.717, 1.165) is 38.0 Å². The number of nitrogen functional groups attached to an aromatic ring is 1. The van der Waals surface area contributed by atoms with Gasteiger partial charge in [-0.2, -0.15) is 0 Å². The van der Waals surface area contributed by atoms with Crippen LogP contribution >= 0.6 is 0 Å². The Kier molecular flexibility index (Phi) is 3.87. The Hall–Kier alpha value is -1.62. The van der Waals surface area contributed by atoms with Gasteiger partial charge < -0.3 is 15.2 Å². The van der Waals surface area contributed by atoms with E-state index in [1.165, 1.54) is 18.4 Å². The molecule has 0 saturated carbocycles. The molecule has 1 aliphatic heterocycles. The molecule has 108 valence electrons. The maximum Gasteiger partial charge on any atom is 0.224 e. The van der Waals surface area contributed by atoms with Crippen LogP contribution in [0.15, 0.2) is 6.07 Å². The van der Waals surface area contributed by atoms with E-state index in [2.05, 4.69) is 4.98 Å². The normalized spacial score (nSPS) is 21.5.